The summed E-state index contributed by atoms with van der Waals surface area (Å²) in [5.74, 6) is -0.244. The molecule has 5 aromatic heterocycles. The molecule has 0 spiro atoms. The molecule has 9 nitrogen and oxygen atoms in total. The van der Waals surface area contributed by atoms with E-state index in [4.69, 9.17) is 11.6 Å². The van der Waals surface area contributed by atoms with E-state index in [1.165, 1.54) is 6.20 Å². The number of hydrogen-bond acceptors (Lipinski definition) is 5. The molecule has 0 bridgehead atoms. The van der Waals surface area contributed by atoms with Gasteiger partial charge in [-0.1, -0.05) is 17.7 Å². The summed E-state index contributed by atoms with van der Waals surface area (Å²) in [4.78, 5) is 21.4. The van der Waals surface area contributed by atoms with Gasteiger partial charge in [-0.25, -0.2) is 9.97 Å². The molecular weight excluding hydrogens is 418 g/mol. The van der Waals surface area contributed by atoms with Gasteiger partial charge < -0.3 is 19.2 Å². The van der Waals surface area contributed by atoms with Gasteiger partial charge in [0.1, 0.15) is 5.65 Å². The number of carbonyl (C=O) groups is 1. The van der Waals surface area contributed by atoms with Gasteiger partial charge in [0.2, 0.25) is 0 Å². The number of aromatic nitrogens is 6. The average molecular weight is 436 g/mol. The van der Waals surface area contributed by atoms with Crippen LogP contribution in [0.2, 0.25) is 5.02 Å². The van der Waals surface area contributed by atoms with Crippen LogP contribution in [0.1, 0.15) is 27.4 Å². The van der Waals surface area contributed by atoms with E-state index in [1.54, 1.807) is 23.3 Å². The molecule has 0 saturated heterocycles. The lowest BCUT2D eigenvalue weighted by atomic mass is 10.3. The zero-order chi connectivity index (χ0) is 21.4. The molecule has 0 radical (unpaired) electrons. The fraction of sp³-hybridized carbons (Fsp3) is 0.143. The second kappa shape index (κ2) is 7.86. The van der Waals surface area contributed by atoms with Crippen molar-refractivity contribution >= 4 is 28.7 Å². The lowest BCUT2D eigenvalue weighted by Gasteiger charge is -2.02. The maximum Gasteiger partial charge on any atom is 0.254 e. The van der Waals surface area contributed by atoms with Crippen molar-refractivity contribution in [3.05, 3.63) is 89.1 Å². The number of amides is 1. The number of nitrogens with zero attached hydrogens (tertiary/aromatic N) is 6. The third-order valence-corrected chi connectivity index (χ3v) is 5.24. The molecule has 156 valence electrons. The van der Waals surface area contributed by atoms with Gasteiger partial charge in [0.05, 0.1) is 54.7 Å². The first kappa shape index (κ1) is 19.3. The summed E-state index contributed by atoms with van der Waals surface area (Å²) in [7, 11) is 0. The smallest absolute Gasteiger partial charge is 0.254 e. The van der Waals surface area contributed by atoms with Crippen LogP contribution in [0.25, 0.3) is 11.2 Å². The molecule has 0 saturated carbocycles. The van der Waals surface area contributed by atoms with Crippen molar-refractivity contribution in [1.29, 1.82) is 0 Å². The van der Waals surface area contributed by atoms with Crippen LogP contribution in [-0.2, 0) is 19.7 Å². The number of hydrogen-bond donors (Lipinski definition) is 2. The van der Waals surface area contributed by atoms with E-state index in [-0.39, 0.29) is 19.1 Å². The number of carbonyl (C=O) groups excluding carboxylic acids is 1. The van der Waals surface area contributed by atoms with Crippen LogP contribution in [0.5, 0.6) is 0 Å². The number of fused-ring (bicyclic) bond motifs is 2. The second-order valence-corrected chi connectivity index (χ2v) is 7.51. The van der Waals surface area contributed by atoms with Crippen LogP contribution in [0, 0.1) is 0 Å². The number of nitrogens with one attached hydrogen (secondary N) is 1. The molecule has 1 amide bonds. The third kappa shape index (κ3) is 3.76. The monoisotopic (exact) mass is 435 g/mol. The van der Waals surface area contributed by atoms with E-state index in [1.807, 2.05) is 45.5 Å². The summed E-state index contributed by atoms with van der Waals surface area (Å²) in [6.07, 6.45) is 8.56. The van der Waals surface area contributed by atoms with E-state index in [0.29, 0.717) is 17.1 Å². The summed E-state index contributed by atoms with van der Waals surface area (Å²) in [6, 6.07) is 9.15. The number of imidazole rings is 2. The number of aliphatic hydroxyl groups excluding tert-OH is 1. The third-order valence-electron chi connectivity index (χ3n) is 5.01. The van der Waals surface area contributed by atoms with Gasteiger partial charge in [-0.15, -0.1) is 0 Å². The highest BCUT2D eigenvalue weighted by Crippen LogP contribution is 2.16. The molecular formula is C21H18ClN7O2. The van der Waals surface area contributed by atoms with E-state index in [2.05, 4.69) is 20.4 Å². The van der Waals surface area contributed by atoms with Gasteiger partial charge >= 0.3 is 0 Å². The van der Waals surface area contributed by atoms with Crippen LogP contribution in [0.3, 0.4) is 0 Å². The molecule has 31 heavy (non-hydrogen) atoms. The van der Waals surface area contributed by atoms with Crippen molar-refractivity contribution in [2.45, 2.75) is 19.7 Å². The molecule has 5 heterocycles. The van der Waals surface area contributed by atoms with E-state index >= 15 is 0 Å². The minimum Gasteiger partial charge on any atom is -0.390 e. The Hall–Kier alpha value is -3.69. The number of pyridine rings is 2. The number of rotatable bonds is 6. The summed E-state index contributed by atoms with van der Waals surface area (Å²) in [5.41, 5.74) is 4.30. The Kier molecular flexibility index (Phi) is 4.89. The van der Waals surface area contributed by atoms with Crippen molar-refractivity contribution in [3.63, 3.8) is 0 Å². The van der Waals surface area contributed by atoms with Gasteiger partial charge in [-0.2, -0.15) is 5.10 Å². The van der Waals surface area contributed by atoms with Gasteiger partial charge in [0.25, 0.3) is 5.91 Å². The highest BCUT2D eigenvalue weighted by Gasteiger charge is 2.12. The molecule has 0 fully saturated rings. The van der Waals surface area contributed by atoms with Crippen LogP contribution < -0.4 is 5.32 Å². The van der Waals surface area contributed by atoms with Crippen molar-refractivity contribution in [3.8, 4) is 0 Å². The van der Waals surface area contributed by atoms with Crippen LogP contribution in [0.15, 0.2) is 61.4 Å². The van der Waals surface area contributed by atoms with Crippen LogP contribution in [-0.4, -0.2) is 39.6 Å². The summed E-state index contributed by atoms with van der Waals surface area (Å²) >= 11 is 6.06. The van der Waals surface area contributed by atoms with Crippen LogP contribution in [0.4, 0.5) is 0 Å². The fourth-order valence-corrected chi connectivity index (χ4v) is 3.63. The second-order valence-electron chi connectivity index (χ2n) is 7.07. The lowest BCUT2D eigenvalue weighted by Crippen LogP contribution is -2.22. The van der Waals surface area contributed by atoms with E-state index < -0.39 is 0 Å². The van der Waals surface area contributed by atoms with Crippen molar-refractivity contribution in [1.82, 2.24) is 33.9 Å². The van der Waals surface area contributed by atoms with Crippen LogP contribution >= 0.6 is 11.6 Å². The Morgan fingerprint density at radius 2 is 2.13 bits per heavy atom. The molecule has 10 heteroatoms. The summed E-state index contributed by atoms with van der Waals surface area (Å²) in [6.45, 7) is 0.610. The highest BCUT2D eigenvalue weighted by molar-refractivity contribution is 6.30. The number of aliphatic hydroxyl groups is 1. The average Bonchev–Trinajstić information content (AvgIpc) is 3.49. The molecule has 0 aliphatic carbocycles. The maximum absolute atomic E-state index is 12.6. The minimum atomic E-state index is -0.244. The Morgan fingerprint density at radius 3 is 3.00 bits per heavy atom. The molecule has 5 rings (SSSR count). The van der Waals surface area contributed by atoms with Gasteiger partial charge in [0, 0.05) is 29.3 Å². The molecule has 2 N–H and O–H groups in total. The Bertz CT molecular complexity index is 1400. The zero-order valence-corrected chi connectivity index (χ0v) is 17.1. The normalized spacial score (nSPS) is 11.4. The quantitative estimate of drug-likeness (QED) is 0.426. The Balaban J connectivity index is 1.27. The summed E-state index contributed by atoms with van der Waals surface area (Å²) in [5, 5.41) is 17.2. The molecule has 0 aliphatic heterocycles. The van der Waals surface area contributed by atoms with E-state index in [9.17, 15) is 9.90 Å². The fourth-order valence-electron chi connectivity index (χ4n) is 3.47. The first-order valence-electron chi connectivity index (χ1n) is 9.59. The molecule has 0 atom stereocenters. The zero-order valence-electron chi connectivity index (χ0n) is 16.3. The number of halogens is 1. The standard InChI is InChI=1S/C21H18ClN7O2/c22-15-4-5-27-13-24-18(19(27)6-15)8-23-21(31)14-7-25-28(9-14)10-16-11-29-17(12-30)2-1-3-20(29)26-16/h1-7,9,11,13,30H,8,10,12H2,(H,23,31). The molecule has 0 aliphatic rings. The first-order valence-corrected chi connectivity index (χ1v) is 9.97. The van der Waals surface area contributed by atoms with Crippen molar-refractivity contribution in [2.75, 3.05) is 0 Å². The van der Waals surface area contributed by atoms with Gasteiger partial charge in [-0.05, 0) is 24.3 Å². The van der Waals surface area contributed by atoms with Gasteiger partial charge in [-0.3, -0.25) is 9.48 Å². The van der Waals surface area contributed by atoms with Crippen molar-refractivity contribution in [2.24, 2.45) is 0 Å². The van der Waals surface area contributed by atoms with E-state index in [0.717, 1.165) is 28.2 Å². The SMILES string of the molecule is O=C(NCc1ncn2ccc(Cl)cc12)c1cnn(Cc2cn3c(CO)cccc3n2)c1. The first-order chi connectivity index (χ1) is 15.1. The Labute approximate surface area is 181 Å². The largest absolute Gasteiger partial charge is 0.390 e. The predicted molar refractivity (Wildman–Crippen MR) is 114 cm³/mol. The molecule has 0 unspecified atom stereocenters. The summed E-state index contributed by atoms with van der Waals surface area (Å²) < 4.78 is 5.34. The maximum atomic E-state index is 12.6. The molecule has 0 aromatic carbocycles. The van der Waals surface area contributed by atoms with Gasteiger partial charge in [0.15, 0.2) is 0 Å². The highest BCUT2D eigenvalue weighted by atomic mass is 35.5. The predicted octanol–water partition coefficient (Wildman–Crippen LogP) is 2.30. The lowest BCUT2D eigenvalue weighted by molar-refractivity contribution is 0.0950. The Morgan fingerprint density at radius 1 is 1.23 bits per heavy atom. The minimum absolute atomic E-state index is 0.0720. The van der Waals surface area contributed by atoms with Crippen molar-refractivity contribution < 1.29 is 9.90 Å². The molecule has 5 aromatic rings. The topological polar surface area (TPSA) is 102 Å².